The lowest BCUT2D eigenvalue weighted by Crippen LogP contribution is -2.34. The average molecular weight is 357 g/mol. The Hall–Kier alpha value is -2.97. The van der Waals surface area contributed by atoms with Crippen LogP contribution in [0, 0.1) is 18.3 Å². The topological polar surface area (TPSA) is 57.7 Å². The zero-order chi connectivity index (χ0) is 18.6. The van der Waals surface area contributed by atoms with E-state index in [-0.39, 0.29) is 0 Å². The molecule has 1 fully saturated rings. The van der Waals surface area contributed by atoms with Crippen molar-refractivity contribution in [1.82, 2.24) is 19.9 Å². The summed E-state index contributed by atoms with van der Waals surface area (Å²) in [7, 11) is 0. The van der Waals surface area contributed by atoms with Gasteiger partial charge in [-0.3, -0.25) is 4.90 Å². The number of rotatable bonds is 4. The van der Waals surface area contributed by atoms with Crippen LogP contribution in [0.5, 0.6) is 0 Å². The van der Waals surface area contributed by atoms with E-state index in [4.69, 9.17) is 5.26 Å². The summed E-state index contributed by atoms with van der Waals surface area (Å²) in [5.41, 5.74) is 5.23. The van der Waals surface area contributed by atoms with Crippen molar-refractivity contribution < 1.29 is 0 Å². The van der Waals surface area contributed by atoms with Crippen LogP contribution in [0.1, 0.15) is 35.6 Å². The van der Waals surface area contributed by atoms with Crippen molar-refractivity contribution in [3.05, 3.63) is 71.4 Å². The van der Waals surface area contributed by atoms with E-state index in [0.717, 1.165) is 49.3 Å². The molecule has 3 aromatic rings. The number of hydrogen-bond acceptors (Lipinski definition) is 4. The van der Waals surface area contributed by atoms with Gasteiger partial charge in [-0.15, -0.1) is 5.10 Å². The molecule has 1 saturated heterocycles. The van der Waals surface area contributed by atoms with E-state index in [9.17, 15) is 0 Å². The van der Waals surface area contributed by atoms with Crippen LogP contribution in [0.4, 0.5) is 0 Å². The first-order chi connectivity index (χ1) is 13.2. The van der Waals surface area contributed by atoms with E-state index in [1.54, 1.807) is 0 Å². The van der Waals surface area contributed by atoms with Crippen LogP contribution in [0.25, 0.3) is 11.3 Å². The van der Waals surface area contributed by atoms with Crippen LogP contribution in [0.15, 0.2) is 54.7 Å². The first kappa shape index (κ1) is 17.4. The lowest BCUT2D eigenvalue weighted by atomic mass is 10.0. The van der Waals surface area contributed by atoms with Gasteiger partial charge in [-0.2, -0.15) is 5.26 Å². The Morgan fingerprint density at radius 2 is 1.89 bits per heavy atom. The highest BCUT2D eigenvalue weighted by Gasteiger charge is 2.22. The third-order valence-corrected chi connectivity index (χ3v) is 5.25. The van der Waals surface area contributed by atoms with Gasteiger partial charge in [0.25, 0.3) is 0 Å². The molecule has 1 aliphatic heterocycles. The maximum absolute atomic E-state index is 9.05. The standard InChI is InChI=1S/C22H23N5/c1-17-5-7-20(8-6-17)22-16-27(25-24-22)21-9-11-26(12-10-21)15-19-4-2-3-18(13-19)14-23/h2-8,13,16,21H,9-12,15H2,1H3. The summed E-state index contributed by atoms with van der Waals surface area (Å²) in [6.45, 7) is 5.04. The Morgan fingerprint density at radius 1 is 1.11 bits per heavy atom. The number of hydrogen-bond donors (Lipinski definition) is 0. The van der Waals surface area contributed by atoms with Crippen LogP contribution in [0.2, 0.25) is 0 Å². The van der Waals surface area contributed by atoms with Gasteiger partial charge in [-0.25, -0.2) is 4.68 Å². The number of aryl methyl sites for hydroxylation is 1. The molecule has 136 valence electrons. The van der Waals surface area contributed by atoms with E-state index >= 15 is 0 Å². The summed E-state index contributed by atoms with van der Waals surface area (Å²) in [6.07, 6.45) is 4.20. The van der Waals surface area contributed by atoms with Crippen molar-refractivity contribution >= 4 is 0 Å². The highest BCUT2D eigenvalue weighted by atomic mass is 15.4. The van der Waals surface area contributed by atoms with Gasteiger partial charge >= 0.3 is 0 Å². The van der Waals surface area contributed by atoms with E-state index < -0.39 is 0 Å². The molecule has 0 aliphatic carbocycles. The number of likely N-dealkylation sites (tertiary alicyclic amines) is 1. The number of aromatic nitrogens is 3. The molecule has 4 rings (SSSR count). The van der Waals surface area contributed by atoms with Crippen molar-refractivity contribution in [3.8, 4) is 17.3 Å². The first-order valence-corrected chi connectivity index (χ1v) is 9.41. The van der Waals surface area contributed by atoms with E-state index in [2.05, 4.69) is 64.7 Å². The van der Waals surface area contributed by atoms with Crippen LogP contribution in [0.3, 0.4) is 0 Å². The lowest BCUT2D eigenvalue weighted by molar-refractivity contribution is 0.172. The third-order valence-electron chi connectivity index (χ3n) is 5.25. The maximum atomic E-state index is 9.05. The van der Waals surface area contributed by atoms with Crippen molar-refractivity contribution in [1.29, 1.82) is 5.26 Å². The first-order valence-electron chi connectivity index (χ1n) is 9.41. The van der Waals surface area contributed by atoms with E-state index in [1.807, 2.05) is 22.9 Å². The maximum Gasteiger partial charge on any atom is 0.113 e. The zero-order valence-corrected chi connectivity index (χ0v) is 15.5. The van der Waals surface area contributed by atoms with Crippen molar-refractivity contribution in [2.75, 3.05) is 13.1 Å². The minimum absolute atomic E-state index is 0.401. The molecule has 0 N–H and O–H groups in total. The van der Waals surface area contributed by atoms with Crippen LogP contribution >= 0.6 is 0 Å². The van der Waals surface area contributed by atoms with Crippen molar-refractivity contribution in [3.63, 3.8) is 0 Å². The molecule has 1 aromatic heterocycles. The number of benzene rings is 2. The van der Waals surface area contributed by atoms with Gasteiger partial charge < -0.3 is 0 Å². The SMILES string of the molecule is Cc1ccc(-c2cn(C3CCN(Cc4cccc(C#N)c4)CC3)nn2)cc1. The second-order valence-corrected chi connectivity index (χ2v) is 7.27. The van der Waals surface area contributed by atoms with Crippen molar-refractivity contribution in [2.45, 2.75) is 32.4 Å². The van der Waals surface area contributed by atoms with Crippen LogP contribution in [-0.2, 0) is 6.54 Å². The molecular formula is C22H23N5. The molecule has 5 heteroatoms. The molecule has 0 saturated carbocycles. The number of piperidine rings is 1. The predicted octanol–water partition coefficient (Wildman–Crippen LogP) is 3.96. The van der Waals surface area contributed by atoms with Crippen molar-refractivity contribution in [2.24, 2.45) is 0 Å². The largest absolute Gasteiger partial charge is 0.299 e. The van der Waals surface area contributed by atoms with E-state index in [0.29, 0.717) is 6.04 Å². The number of nitrogens with zero attached hydrogens (tertiary/aromatic N) is 5. The second kappa shape index (κ2) is 7.73. The Bertz CT molecular complexity index is 943. The minimum atomic E-state index is 0.401. The molecule has 0 radical (unpaired) electrons. The average Bonchev–Trinajstić information content (AvgIpc) is 3.19. The smallest absolute Gasteiger partial charge is 0.113 e. The fraction of sp³-hybridized carbons (Fsp3) is 0.318. The summed E-state index contributed by atoms with van der Waals surface area (Å²) in [5, 5.41) is 17.8. The van der Waals surface area contributed by atoms with Gasteiger partial charge in [0.05, 0.1) is 23.9 Å². The molecule has 27 heavy (non-hydrogen) atoms. The summed E-state index contributed by atoms with van der Waals surface area (Å²) < 4.78 is 2.03. The van der Waals surface area contributed by atoms with Gasteiger partial charge in [-0.05, 0) is 37.5 Å². The summed E-state index contributed by atoms with van der Waals surface area (Å²) in [6, 6.07) is 18.9. The molecule has 0 unspecified atom stereocenters. The summed E-state index contributed by atoms with van der Waals surface area (Å²) in [5.74, 6) is 0. The van der Waals surface area contributed by atoms with Gasteiger partial charge in [0.1, 0.15) is 5.69 Å². The second-order valence-electron chi connectivity index (χ2n) is 7.27. The predicted molar refractivity (Wildman–Crippen MR) is 105 cm³/mol. The normalized spacial score (nSPS) is 15.6. The Kier molecular flexibility index (Phi) is 4.99. The van der Waals surface area contributed by atoms with Gasteiger partial charge in [0, 0.05) is 25.2 Å². The molecule has 0 amide bonds. The van der Waals surface area contributed by atoms with Crippen LogP contribution in [-0.4, -0.2) is 33.0 Å². The van der Waals surface area contributed by atoms with E-state index in [1.165, 1.54) is 11.1 Å². The Labute approximate surface area is 159 Å². The molecule has 0 atom stereocenters. The van der Waals surface area contributed by atoms with Gasteiger partial charge in [0.15, 0.2) is 0 Å². The summed E-state index contributed by atoms with van der Waals surface area (Å²) in [4.78, 5) is 2.45. The molecular weight excluding hydrogens is 334 g/mol. The molecule has 2 aromatic carbocycles. The monoisotopic (exact) mass is 357 g/mol. The fourth-order valence-electron chi connectivity index (χ4n) is 3.65. The molecule has 1 aliphatic rings. The van der Waals surface area contributed by atoms with Gasteiger partial charge in [0.2, 0.25) is 0 Å². The Balaban J connectivity index is 1.36. The minimum Gasteiger partial charge on any atom is -0.299 e. The number of nitriles is 1. The molecule has 0 spiro atoms. The fourth-order valence-corrected chi connectivity index (χ4v) is 3.65. The van der Waals surface area contributed by atoms with Gasteiger partial charge in [-0.1, -0.05) is 47.2 Å². The highest BCUT2D eigenvalue weighted by molar-refractivity contribution is 5.57. The quantitative estimate of drug-likeness (QED) is 0.709. The molecule has 5 nitrogen and oxygen atoms in total. The highest BCUT2D eigenvalue weighted by Crippen LogP contribution is 2.25. The summed E-state index contributed by atoms with van der Waals surface area (Å²) >= 11 is 0. The molecule has 0 bridgehead atoms. The third kappa shape index (κ3) is 4.07. The molecule has 2 heterocycles. The zero-order valence-electron chi connectivity index (χ0n) is 15.5. The van der Waals surface area contributed by atoms with Crippen LogP contribution < -0.4 is 0 Å². The Morgan fingerprint density at radius 3 is 2.63 bits per heavy atom. The lowest BCUT2D eigenvalue weighted by Gasteiger charge is -2.31.